The zero-order chi connectivity index (χ0) is 9.42. The molecule has 3 N–H and O–H groups in total. The predicted molar refractivity (Wildman–Crippen MR) is 51.5 cm³/mol. The van der Waals surface area contributed by atoms with Gasteiger partial charge in [-0.1, -0.05) is 6.07 Å². The number of nitrogens with one attached hydrogen (secondary N) is 1. The lowest BCUT2D eigenvalue weighted by molar-refractivity contribution is 1.13. The number of aryl methyl sites for hydroxylation is 1. The zero-order valence-corrected chi connectivity index (χ0v) is 7.13. The van der Waals surface area contributed by atoms with E-state index < -0.39 is 0 Å². The van der Waals surface area contributed by atoms with Crippen LogP contribution in [0, 0.1) is 13.5 Å². The van der Waals surface area contributed by atoms with Crippen LogP contribution in [0.2, 0.25) is 0 Å². The Morgan fingerprint density at radius 2 is 2.31 bits per heavy atom. The van der Waals surface area contributed by atoms with E-state index in [0.29, 0.717) is 11.5 Å². The number of aromatic nitrogens is 2. The summed E-state index contributed by atoms with van der Waals surface area (Å²) < 4.78 is 0. The van der Waals surface area contributed by atoms with Crippen LogP contribution in [0.15, 0.2) is 12.1 Å². The Hall–Kier alpha value is -2.02. The molecule has 0 aliphatic carbocycles. The molecule has 2 aromatic rings. The third-order valence-electron chi connectivity index (χ3n) is 2.03. The number of H-pyrrole nitrogens is 1. The molecule has 1 aromatic heterocycles. The first-order chi connectivity index (χ1) is 6.22. The van der Waals surface area contributed by atoms with E-state index >= 15 is 0 Å². The maximum atomic E-state index is 6.93. The highest BCUT2D eigenvalue weighted by molar-refractivity contribution is 5.92. The van der Waals surface area contributed by atoms with Crippen molar-refractivity contribution < 1.29 is 0 Å². The van der Waals surface area contributed by atoms with Gasteiger partial charge >= 0.3 is 0 Å². The van der Waals surface area contributed by atoms with E-state index in [1.165, 1.54) is 0 Å². The maximum absolute atomic E-state index is 6.93. The quantitative estimate of drug-likeness (QED) is 0.597. The second-order valence-electron chi connectivity index (χ2n) is 2.90. The van der Waals surface area contributed by atoms with E-state index in [9.17, 15) is 0 Å². The van der Waals surface area contributed by atoms with E-state index in [4.69, 9.17) is 12.3 Å². The number of hydrogen-bond donors (Lipinski definition) is 2. The fourth-order valence-electron chi connectivity index (χ4n) is 1.30. The largest absolute Gasteiger partial charge is 0.382 e. The Kier molecular flexibility index (Phi) is 1.46. The van der Waals surface area contributed by atoms with Crippen molar-refractivity contribution in [2.45, 2.75) is 6.92 Å². The number of nitrogen functional groups attached to an aromatic ring is 1. The summed E-state index contributed by atoms with van der Waals surface area (Å²) in [6, 6.07) is 3.64. The summed E-state index contributed by atoms with van der Waals surface area (Å²) in [6.45, 7) is 8.81. The number of benzene rings is 1. The van der Waals surface area contributed by atoms with Crippen molar-refractivity contribution in [3.63, 3.8) is 0 Å². The molecule has 1 aromatic carbocycles. The minimum Gasteiger partial charge on any atom is -0.382 e. The minimum absolute atomic E-state index is 0.481. The minimum atomic E-state index is 0.481. The van der Waals surface area contributed by atoms with Crippen LogP contribution in [0.25, 0.3) is 15.7 Å². The molecule has 4 nitrogen and oxygen atoms in total. The molecule has 4 heteroatoms. The highest BCUT2D eigenvalue weighted by Gasteiger charge is 2.05. The number of nitrogens with two attached hydrogens (primary N) is 1. The standard InChI is InChI=1S/C9H8N4/c1-5-3-6-8(4-7(5)11-2)12-13-9(6)10/h3-4H,1H3,(H3,10,12,13). The number of hydrogen-bond acceptors (Lipinski definition) is 2. The van der Waals surface area contributed by atoms with E-state index in [2.05, 4.69) is 15.0 Å². The fourth-order valence-corrected chi connectivity index (χ4v) is 1.30. The van der Waals surface area contributed by atoms with Gasteiger partial charge in [0, 0.05) is 5.39 Å². The van der Waals surface area contributed by atoms with Crippen LogP contribution in [-0.2, 0) is 0 Å². The third kappa shape index (κ3) is 1.02. The summed E-state index contributed by atoms with van der Waals surface area (Å²) in [4.78, 5) is 3.39. The Balaban J connectivity index is 2.85. The molecular weight excluding hydrogens is 164 g/mol. The van der Waals surface area contributed by atoms with Crippen LogP contribution in [0.5, 0.6) is 0 Å². The van der Waals surface area contributed by atoms with Crippen molar-refractivity contribution in [3.8, 4) is 0 Å². The van der Waals surface area contributed by atoms with E-state index in [0.717, 1.165) is 16.5 Å². The summed E-state index contributed by atoms with van der Waals surface area (Å²) >= 11 is 0. The number of fused-ring (bicyclic) bond motifs is 1. The Bertz CT molecular complexity index is 504. The average Bonchev–Trinajstić information content (AvgIpc) is 2.47. The molecule has 0 spiro atoms. The van der Waals surface area contributed by atoms with Crippen LogP contribution < -0.4 is 5.73 Å². The van der Waals surface area contributed by atoms with Gasteiger partial charge in [-0.25, -0.2) is 4.85 Å². The lowest BCUT2D eigenvalue weighted by Gasteiger charge is -1.96. The first-order valence-corrected chi connectivity index (χ1v) is 3.84. The van der Waals surface area contributed by atoms with Crippen LogP contribution in [0.4, 0.5) is 11.5 Å². The Morgan fingerprint density at radius 3 is 3.00 bits per heavy atom. The lowest BCUT2D eigenvalue weighted by atomic mass is 10.1. The van der Waals surface area contributed by atoms with Crippen molar-refractivity contribution in [3.05, 3.63) is 29.1 Å². The van der Waals surface area contributed by atoms with Gasteiger partial charge in [0.2, 0.25) is 0 Å². The van der Waals surface area contributed by atoms with Crippen molar-refractivity contribution in [1.29, 1.82) is 0 Å². The maximum Gasteiger partial charge on any atom is 0.192 e. The molecule has 0 aliphatic heterocycles. The number of aromatic amines is 1. The molecule has 0 atom stereocenters. The van der Waals surface area contributed by atoms with Gasteiger partial charge in [0.15, 0.2) is 11.5 Å². The molecule has 1 heterocycles. The average molecular weight is 172 g/mol. The third-order valence-corrected chi connectivity index (χ3v) is 2.03. The SMILES string of the molecule is [C-]#[N+]c1cc2[nH]nc(N)c2cc1C. The summed E-state index contributed by atoms with van der Waals surface area (Å²) in [7, 11) is 0. The monoisotopic (exact) mass is 172 g/mol. The molecule has 13 heavy (non-hydrogen) atoms. The van der Waals surface area contributed by atoms with Gasteiger partial charge in [-0.3, -0.25) is 5.10 Å². The lowest BCUT2D eigenvalue weighted by Crippen LogP contribution is -1.83. The Morgan fingerprint density at radius 1 is 1.54 bits per heavy atom. The molecule has 0 bridgehead atoms. The molecule has 2 rings (SSSR count). The first kappa shape index (κ1) is 7.62. The molecule has 0 radical (unpaired) electrons. The van der Waals surface area contributed by atoms with Gasteiger partial charge in [0.25, 0.3) is 0 Å². The molecule has 0 unspecified atom stereocenters. The van der Waals surface area contributed by atoms with Crippen LogP contribution in [-0.4, -0.2) is 10.2 Å². The van der Waals surface area contributed by atoms with Crippen molar-refractivity contribution in [2.75, 3.05) is 5.73 Å². The first-order valence-electron chi connectivity index (χ1n) is 3.84. The van der Waals surface area contributed by atoms with Gasteiger partial charge in [-0.15, -0.1) is 0 Å². The number of anilines is 1. The highest BCUT2D eigenvalue weighted by atomic mass is 15.1. The van der Waals surface area contributed by atoms with E-state index in [1.54, 1.807) is 6.07 Å². The molecule has 64 valence electrons. The van der Waals surface area contributed by atoms with Gasteiger partial charge in [0.05, 0.1) is 12.1 Å². The molecule has 0 saturated heterocycles. The van der Waals surface area contributed by atoms with Crippen LogP contribution in [0.1, 0.15) is 5.56 Å². The second-order valence-corrected chi connectivity index (χ2v) is 2.90. The van der Waals surface area contributed by atoms with Crippen molar-refractivity contribution in [1.82, 2.24) is 10.2 Å². The predicted octanol–water partition coefficient (Wildman–Crippen LogP) is 2.00. The van der Waals surface area contributed by atoms with Crippen LogP contribution >= 0.6 is 0 Å². The van der Waals surface area contributed by atoms with Crippen LogP contribution in [0.3, 0.4) is 0 Å². The molecule has 0 fully saturated rings. The topological polar surface area (TPSA) is 59.1 Å². The second kappa shape index (κ2) is 2.49. The van der Waals surface area contributed by atoms with Gasteiger partial charge in [0.1, 0.15) is 0 Å². The summed E-state index contributed by atoms with van der Waals surface area (Å²) in [6.07, 6.45) is 0. The van der Waals surface area contributed by atoms with Gasteiger partial charge in [-0.2, -0.15) is 5.10 Å². The number of rotatable bonds is 0. The van der Waals surface area contributed by atoms with Gasteiger partial charge < -0.3 is 5.73 Å². The van der Waals surface area contributed by atoms with Crippen molar-refractivity contribution >= 4 is 22.4 Å². The molecule has 0 amide bonds. The highest BCUT2D eigenvalue weighted by Crippen LogP contribution is 2.27. The Labute approximate surface area is 75.2 Å². The van der Waals surface area contributed by atoms with E-state index in [-0.39, 0.29) is 0 Å². The normalized spacial score (nSPS) is 10.2. The van der Waals surface area contributed by atoms with Crippen molar-refractivity contribution in [2.24, 2.45) is 0 Å². The molecule has 0 saturated carbocycles. The summed E-state index contributed by atoms with van der Waals surface area (Å²) in [5.74, 6) is 0.481. The molecular formula is C9H8N4. The smallest absolute Gasteiger partial charge is 0.192 e. The van der Waals surface area contributed by atoms with E-state index in [1.807, 2.05) is 13.0 Å². The summed E-state index contributed by atoms with van der Waals surface area (Å²) in [5.41, 5.74) is 7.99. The number of nitrogens with zero attached hydrogens (tertiary/aromatic N) is 2. The molecule has 0 aliphatic rings. The zero-order valence-electron chi connectivity index (χ0n) is 7.13. The summed E-state index contributed by atoms with van der Waals surface area (Å²) in [5, 5.41) is 7.51. The van der Waals surface area contributed by atoms with Gasteiger partial charge in [-0.05, 0) is 18.6 Å². The fraction of sp³-hybridized carbons (Fsp3) is 0.111.